The van der Waals surface area contributed by atoms with Gasteiger partial charge in [0, 0.05) is 5.46 Å². The number of halogens is 2. The highest BCUT2D eigenvalue weighted by Crippen LogP contribution is 2.11. The molecule has 0 fully saturated rings. The van der Waals surface area contributed by atoms with E-state index < -0.39 is 12.9 Å². The van der Waals surface area contributed by atoms with Crippen molar-refractivity contribution in [3.05, 3.63) is 28.5 Å². The second-order valence-corrected chi connectivity index (χ2v) is 2.87. The maximum absolute atomic E-state index is 12.9. The fourth-order valence-electron chi connectivity index (χ4n) is 0.720. The summed E-state index contributed by atoms with van der Waals surface area (Å²) in [6, 6.07) is 4.33. The van der Waals surface area contributed by atoms with Gasteiger partial charge in [0.05, 0.1) is 4.47 Å². The lowest BCUT2D eigenvalue weighted by Gasteiger charge is -2.01. The van der Waals surface area contributed by atoms with Crippen molar-refractivity contribution in [1.82, 2.24) is 0 Å². The molecule has 0 unspecified atom stereocenters. The predicted molar refractivity (Wildman–Crippen MR) is 43.9 cm³/mol. The van der Waals surface area contributed by atoms with E-state index in [1.807, 2.05) is 0 Å². The van der Waals surface area contributed by atoms with Crippen molar-refractivity contribution in [2.45, 2.75) is 0 Å². The number of hydrogen-bond donors (Lipinski definition) is 2. The van der Waals surface area contributed by atoms with Gasteiger partial charge in [0.2, 0.25) is 0 Å². The molecule has 0 aliphatic heterocycles. The minimum Gasteiger partial charge on any atom is -0.423 e. The number of rotatable bonds is 1. The molecule has 2 nitrogen and oxygen atoms in total. The van der Waals surface area contributed by atoms with E-state index in [1.165, 1.54) is 18.2 Å². The van der Waals surface area contributed by atoms with E-state index in [2.05, 4.69) is 15.9 Å². The summed E-state index contributed by atoms with van der Waals surface area (Å²) in [7, 11) is -1.76. The zero-order valence-electron chi connectivity index (χ0n) is 5.46. The molecule has 0 radical (unpaired) electrons. The Morgan fingerprint density at radius 3 is 2.45 bits per heavy atom. The van der Waals surface area contributed by atoms with Gasteiger partial charge in [0.15, 0.2) is 0 Å². The first-order valence-corrected chi connectivity index (χ1v) is 3.72. The second kappa shape index (κ2) is 3.34. The molecule has 0 aliphatic carbocycles. The molecule has 1 aromatic rings. The lowest BCUT2D eigenvalue weighted by molar-refractivity contribution is 0.423. The van der Waals surface area contributed by atoms with Gasteiger partial charge in [-0.3, -0.25) is 0 Å². The van der Waals surface area contributed by atoms with Crippen LogP contribution in [0.2, 0.25) is 0 Å². The third-order valence-electron chi connectivity index (χ3n) is 1.26. The molecule has 0 spiro atoms. The van der Waals surface area contributed by atoms with Gasteiger partial charge >= 0.3 is 7.12 Å². The van der Waals surface area contributed by atoms with Crippen LogP contribution < -0.4 is 5.46 Å². The molecule has 1 rings (SSSR count). The van der Waals surface area contributed by atoms with Crippen LogP contribution in [0.4, 0.5) is 4.39 Å². The first-order valence-electron chi connectivity index (χ1n) is 2.93. The van der Waals surface area contributed by atoms with Gasteiger partial charge in [-0.15, -0.1) is 0 Å². The molecule has 0 bridgehead atoms. The highest BCUT2D eigenvalue weighted by Gasteiger charge is 2.17. The van der Waals surface area contributed by atoms with Crippen molar-refractivity contribution in [3.63, 3.8) is 0 Å². The van der Waals surface area contributed by atoms with Crippen LogP contribution in [0.3, 0.4) is 0 Å². The van der Waals surface area contributed by atoms with E-state index >= 15 is 0 Å². The summed E-state index contributed by atoms with van der Waals surface area (Å²) in [5, 5.41) is 17.2. The molecule has 2 N–H and O–H groups in total. The van der Waals surface area contributed by atoms with Crippen LogP contribution in [0.25, 0.3) is 0 Å². The molecule has 0 saturated heterocycles. The van der Waals surface area contributed by atoms with Gasteiger partial charge in [-0.25, -0.2) is 4.39 Å². The highest BCUT2D eigenvalue weighted by molar-refractivity contribution is 9.10. The first-order chi connectivity index (χ1) is 5.13. The van der Waals surface area contributed by atoms with Gasteiger partial charge < -0.3 is 10.0 Å². The van der Waals surface area contributed by atoms with Crippen LogP contribution in [-0.4, -0.2) is 17.2 Å². The van der Waals surface area contributed by atoms with Crippen LogP contribution in [0.1, 0.15) is 0 Å². The standard InChI is InChI=1S/C6H5BBrFO2/c8-5-3-1-2-4(6(5)9)7(10)11/h1-3,10-11H. The van der Waals surface area contributed by atoms with Crippen LogP contribution >= 0.6 is 15.9 Å². The largest absolute Gasteiger partial charge is 0.491 e. The summed E-state index contributed by atoms with van der Waals surface area (Å²) in [4.78, 5) is 0. The average Bonchev–Trinajstić information content (AvgIpc) is 1.94. The Balaban J connectivity index is 3.17. The van der Waals surface area contributed by atoms with E-state index in [0.29, 0.717) is 0 Å². The summed E-state index contributed by atoms with van der Waals surface area (Å²) in [6.07, 6.45) is 0. The van der Waals surface area contributed by atoms with Gasteiger partial charge in [0.1, 0.15) is 5.82 Å². The van der Waals surface area contributed by atoms with Crippen molar-refractivity contribution >= 4 is 28.5 Å². The lowest BCUT2D eigenvalue weighted by atomic mass is 9.80. The Morgan fingerprint density at radius 1 is 1.36 bits per heavy atom. The molecule has 0 amide bonds. The van der Waals surface area contributed by atoms with Gasteiger partial charge in [0.25, 0.3) is 0 Å². The quantitative estimate of drug-likeness (QED) is 0.665. The minimum absolute atomic E-state index is 0.126. The fraction of sp³-hybridized carbons (Fsp3) is 0. The molecule has 0 atom stereocenters. The third kappa shape index (κ3) is 1.80. The monoisotopic (exact) mass is 218 g/mol. The van der Waals surface area contributed by atoms with E-state index in [-0.39, 0.29) is 9.94 Å². The van der Waals surface area contributed by atoms with E-state index in [1.54, 1.807) is 0 Å². The zero-order valence-corrected chi connectivity index (χ0v) is 7.05. The third-order valence-corrected chi connectivity index (χ3v) is 1.87. The Hall–Kier alpha value is -0.385. The molecular weight excluding hydrogens is 214 g/mol. The van der Waals surface area contributed by atoms with Crippen molar-refractivity contribution in [2.24, 2.45) is 0 Å². The Labute approximate surface area is 71.9 Å². The second-order valence-electron chi connectivity index (χ2n) is 2.02. The number of benzene rings is 1. The molecule has 0 aromatic heterocycles. The summed E-state index contributed by atoms with van der Waals surface area (Å²) in [5.41, 5.74) is -0.126. The topological polar surface area (TPSA) is 40.5 Å². The summed E-state index contributed by atoms with van der Waals surface area (Å²) in [5.74, 6) is -0.637. The van der Waals surface area contributed by atoms with Crippen LogP contribution in [0.15, 0.2) is 22.7 Å². The smallest absolute Gasteiger partial charge is 0.423 e. The molecule has 58 valence electrons. The van der Waals surface area contributed by atoms with Crippen molar-refractivity contribution in [3.8, 4) is 0 Å². The number of hydrogen-bond acceptors (Lipinski definition) is 2. The maximum Gasteiger partial charge on any atom is 0.491 e. The Morgan fingerprint density at radius 2 is 2.00 bits per heavy atom. The Kier molecular flexibility index (Phi) is 2.65. The van der Waals surface area contributed by atoms with E-state index in [4.69, 9.17) is 10.0 Å². The molecule has 0 saturated carbocycles. The van der Waals surface area contributed by atoms with Crippen molar-refractivity contribution in [1.29, 1.82) is 0 Å². The molecule has 11 heavy (non-hydrogen) atoms. The van der Waals surface area contributed by atoms with Crippen LogP contribution in [-0.2, 0) is 0 Å². The molecular formula is C6H5BBrFO2. The van der Waals surface area contributed by atoms with Crippen LogP contribution in [0.5, 0.6) is 0 Å². The normalized spacial score (nSPS) is 9.82. The maximum atomic E-state index is 12.9. The summed E-state index contributed by atoms with van der Waals surface area (Å²) in [6.45, 7) is 0. The molecule has 5 heteroatoms. The summed E-state index contributed by atoms with van der Waals surface area (Å²) >= 11 is 2.92. The summed E-state index contributed by atoms with van der Waals surface area (Å²) < 4.78 is 13.1. The van der Waals surface area contributed by atoms with Gasteiger partial charge in [-0.05, 0) is 22.0 Å². The fourth-order valence-corrected chi connectivity index (χ4v) is 1.10. The van der Waals surface area contributed by atoms with Gasteiger partial charge in [-0.1, -0.05) is 12.1 Å². The average molecular weight is 219 g/mol. The molecule has 1 aromatic carbocycles. The molecule has 0 heterocycles. The molecule has 0 aliphatic rings. The highest BCUT2D eigenvalue weighted by atomic mass is 79.9. The van der Waals surface area contributed by atoms with Crippen molar-refractivity contribution < 1.29 is 14.4 Å². The van der Waals surface area contributed by atoms with E-state index in [9.17, 15) is 4.39 Å². The van der Waals surface area contributed by atoms with E-state index in [0.717, 1.165) is 0 Å². The Bertz CT molecular complexity index is 267. The minimum atomic E-state index is -1.76. The first kappa shape index (κ1) is 8.71. The van der Waals surface area contributed by atoms with Crippen LogP contribution in [0, 0.1) is 5.82 Å². The van der Waals surface area contributed by atoms with Crippen molar-refractivity contribution in [2.75, 3.05) is 0 Å². The lowest BCUT2D eigenvalue weighted by Crippen LogP contribution is -2.32. The van der Waals surface area contributed by atoms with Gasteiger partial charge in [-0.2, -0.15) is 0 Å². The SMILES string of the molecule is OB(O)c1cccc(Br)c1F. The zero-order chi connectivity index (χ0) is 8.43. The predicted octanol–water partition coefficient (Wildman–Crippen LogP) is 0.268.